The number of quaternary nitrogens is 1. The van der Waals surface area contributed by atoms with Crippen molar-refractivity contribution < 1.29 is 38.2 Å². The normalized spacial score (nSPS) is 13.2. The first-order valence-corrected chi connectivity index (χ1v) is 23.5. The summed E-state index contributed by atoms with van der Waals surface area (Å²) in [6.45, 7) is 4.62. The Labute approximate surface area is 351 Å². The number of rotatable bonds is 42. The lowest BCUT2D eigenvalue weighted by Crippen LogP contribution is -2.50. The molecule has 1 N–H and O–H groups in total. The summed E-state index contributed by atoms with van der Waals surface area (Å²) in [7, 11) is 5.53. The van der Waals surface area contributed by atoms with Gasteiger partial charge in [-0.1, -0.05) is 159 Å². The SMILES string of the molecule is CC/C=C/C/C=C/CCCCCCCCCCCCCCCCC(=O)OCC(COCCC(C(=O)O)[N+](C)(C)C)OC(=O)CCCCCCC/C=C/CCCCC. The van der Waals surface area contributed by atoms with Crippen molar-refractivity contribution in [2.75, 3.05) is 41.0 Å². The zero-order valence-corrected chi connectivity index (χ0v) is 37.8. The minimum Gasteiger partial charge on any atom is -0.477 e. The van der Waals surface area contributed by atoms with Crippen LogP contribution in [-0.4, -0.2) is 80.6 Å². The van der Waals surface area contributed by atoms with E-state index in [1.807, 2.05) is 21.1 Å². The van der Waals surface area contributed by atoms with Crippen molar-refractivity contribution in [3.05, 3.63) is 36.5 Å². The number of carbonyl (C=O) groups excluding carboxylic acids is 2. The largest absolute Gasteiger partial charge is 0.477 e. The van der Waals surface area contributed by atoms with Crippen LogP contribution in [0.1, 0.15) is 206 Å². The van der Waals surface area contributed by atoms with E-state index in [2.05, 4.69) is 50.3 Å². The zero-order valence-electron chi connectivity index (χ0n) is 37.8. The van der Waals surface area contributed by atoms with Crippen molar-refractivity contribution in [1.29, 1.82) is 0 Å². The maximum atomic E-state index is 12.7. The molecular weight excluding hydrogens is 715 g/mol. The summed E-state index contributed by atoms with van der Waals surface area (Å²) in [5.74, 6) is -1.47. The fourth-order valence-corrected chi connectivity index (χ4v) is 6.89. The number of carboxylic acid groups (broad SMARTS) is 1. The third-order valence-corrected chi connectivity index (χ3v) is 10.5. The first-order chi connectivity index (χ1) is 27.6. The molecule has 0 aliphatic rings. The van der Waals surface area contributed by atoms with E-state index in [-0.39, 0.29) is 36.2 Å². The van der Waals surface area contributed by atoms with E-state index in [9.17, 15) is 19.5 Å². The van der Waals surface area contributed by atoms with Crippen LogP contribution in [0.3, 0.4) is 0 Å². The van der Waals surface area contributed by atoms with E-state index in [1.165, 1.54) is 109 Å². The summed E-state index contributed by atoms with van der Waals surface area (Å²) >= 11 is 0. The molecule has 8 heteroatoms. The van der Waals surface area contributed by atoms with Gasteiger partial charge in [0.15, 0.2) is 12.1 Å². The van der Waals surface area contributed by atoms with Crippen LogP contribution in [0.25, 0.3) is 0 Å². The number of hydrogen-bond donors (Lipinski definition) is 1. The van der Waals surface area contributed by atoms with E-state index in [0.29, 0.717) is 19.3 Å². The number of aliphatic carboxylic acids is 1. The van der Waals surface area contributed by atoms with Gasteiger partial charge in [0, 0.05) is 19.3 Å². The van der Waals surface area contributed by atoms with Gasteiger partial charge in [0.05, 0.1) is 34.4 Å². The average molecular weight is 805 g/mol. The molecule has 0 bridgehead atoms. The number of carbonyl (C=O) groups is 3. The third-order valence-electron chi connectivity index (χ3n) is 10.5. The van der Waals surface area contributed by atoms with Crippen molar-refractivity contribution in [1.82, 2.24) is 0 Å². The fourth-order valence-electron chi connectivity index (χ4n) is 6.89. The molecule has 0 amide bonds. The van der Waals surface area contributed by atoms with E-state index < -0.39 is 18.1 Å². The second-order valence-corrected chi connectivity index (χ2v) is 17.0. The molecule has 0 aromatic heterocycles. The highest BCUT2D eigenvalue weighted by Crippen LogP contribution is 2.15. The van der Waals surface area contributed by atoms with E-state index >= 15 is 0 Å². The van der Waals surface area contributed by atoms with E-state index in [0.717, 1.165) is 64.2 Å². The summed E-state index contributed by atoms with van der Waals surface area (Å²) in [5, 5.41) is 9.62. The van der Waals surface area contributed by atoms with Crippen molar-refractivity contribution in [3.63, 3.8) is 0 Å². The Morgan fingerprint density at radius 1 is 0.544 bits per heavy atom. The molecule has 0 aliphatic heterocycles. The molecule has 2 atom stereocenters. The van der Waals surface area contributed by atoms with Gasteiger partial charge in [0.2, 0.25) is 0 Å². The molecule has 8 nitrogen and oxygen atoms in total. The number of esters is 2. The van der Waals surface area contributed by atoms with Crippen molar-refractivity contribution in [2.24, 2.45) is 0 Å². The molecule has 0 heterocycles. The molecular formula is C49H90NO7+. The molecule has 332 valence electrons. The Bertz CT molecular complexity index is 1030. The van der Waals surface area contributed by atoms with Crippen LogP contribution in [0.2, 0.25) is 0 Å². The van der Waals surface area contributed by atoms with Gasteiger partial charge in [-0.15, -0.1) is 0 Å². The molecule has 0 saturated carbocycles. The summed E-state index contributed by atoms with van der Waals surface area (Å²) in [5.41, 5.74) is 0. The number of unbranched alkanes of at least 4 members (excludes halogenated alkanes) is 22. The molecule has 0 rings (SSSR count). The molecule has 0 aliphatic carbocycles. The smallest absolute Gasteiger partial charge is 0.362 e. The van der Waals surface area contributed by atoms with Crippen LogP contribution in [0.4, 0.5) is 0 Å². The second kappa shape index (κ2) is 40.3. The first kappa shape index (κ1) is 54.6. The Morgan fingerprint density at radius 2 is 0.982 bits per heavy atom. The predicted molar refractivity (Wildman–Crippen MR) is 238 cm³/mol. The summed E-state index contributed by atoms with van der Waals surface area (Å²) in [4.78, 5) is 37.0. The van der Waals surface area contributed by atoms with Crippen molar-refractivity contribution >= 4 is 17.9 Å². The Balaban J connectivity index is 4.21. The van der Waals surface area contributed by atoms with E-state index in [1.54, 1.807) is 0 Å². The molecule has 0 saturated heterocycles. The molecule has 57 heavy (non-hydrogen) atoms. The summed E-state index contributed by atoms with van der Waals surface area (Å²) in [6.07, 6.45) is 46.2. The lowest BCUT2D eigenvalue weighted by Gasteiger charge is -2.31. The summed E-state index contributed by atoms with van der Waals surface area (Å²) < 4.78 is 17.3. The van der Waals surface area contributed by atoms with Gasteiger partial charge in [0.25, 0.3) is 0 Å². The van der Waals surface area contributed by atoms with Crippen LogP contribution in [0.15, 0.2) is 36.5 Å². The number of ether oxygens (including phenoxy) is 3. The van der Waals surface area contributed by atoms with Crippen LogP contribution >= 0.6 is 0 Å². The highest BCUT2D eigenvalue weighted by Gasteiger charge is 2.31. The van der Waals surface area contributed by atoms with Gasteiger partial charge in [-0.05, 0) is 64.2 Å². The molecule has 0 fully saturated rings. The Kier molecular flexibility index (Phi) is 38.6. The monoisotopic (exact) mass is 805 g/mol. The van der Waals surface area contributed by atoms with Gasteiger partial charge < -0.3 is 23.8 Å². The molecule has 0 spiro atoms. The van der Waals surface area contributed by atoms with Crippen LogP contribution in [0.5, 0.6) is 0 Å². The number of carboxylic acids is 1. The predicted octanol–water partition coefficient (Wildman–Crippen LogP) is 13.0. The van der Waals surface area contributed by atoms with Gasteiger partial charge in [-0.3, -0.25) is 9.59 Å². The highest BCUT2D eigenvalue weighted by molar-refractivity contribution is 5.72. The molecule has 0 aromatic rings. The highest BCUT2D eigenvalue weighted by atomic mass is 16.6. The maximum Gasteiger partial charge on any atom is 0.362 e. The number of hydrogen-bond acceptors (Lipinski definition) is 6. The minimum absolute atomic E-state index is 0.0523. The zero-order chi connectivity index (χ0) is 42.1. The van der Waals surface area contributed by atoms with Crippen molar-refractivity contribution in [2.45, 2.75) is 219 Å². The molecule has 2 unspecified atom stereocenters. The second-order valence-electron chi connectivity index (χ2n) is 17.0. The van der Waals surface area contributed by atoms with E-state index in [4.69, 9.17) is 14.2 Å². The third kappa shape index (κ3) is 38.8. The fraction of sp³-hybridized carbons (Fsp3) is 0.816. The van der Waals surface area contributed by atoms with Gasteiger partial charge in [0.1, 0.15) is 6.61 Å². The average Bonchev–Trinajstić information content (AvgIpc) is 3.17. The van der Waals surface area contributed by atoms with Crippen molar-refractivity contribution in [3.8, 4) is 0 Å². The number of nitrogens with zero attached hydrogens (tertiary/aromatic N) is 1. The topological polar surface area (TPSA) is 99.1 Å². The van der Waals surface area contributed by atoms with Gasteiger partial charge in [-0.25, -0.2) is 4.79 Å². The lowest BCUT2D eigenvalue weighted by molar-refractivity contribution is -0.887. The van der Waals surface area contributed by atoms with Gasteiger partial charge in [-0.2, -0.15) is 0 Å². The quantitative estimate of drug-likeness (QED) is 0.0284. The van der Waals surface area contributed by atoms with Gasteiger partial charge >= 0.3 is 17.9 Å². The molecule has 0 radical (unpaired) electrons. The maximum absolute atomic E-state index is 12.7. The standard InChI is InChI=1S/C49H89NO7/c1-6-8-10-12-14-16-18-20-21-22-23-24-25-26-27-28-30-31-33-35-37-39-47(51)56-44-45(43-55-42-41-46(49(53)54)50(3,4)5)57-48(52)40-38-36-34-32-29-19-17-15-13-11-9-7-2/h8,10,14-17,45-46H,6-7,9,11-13,18-44H2,1-5H3/p+1/b10-8+,16-14+,17-15+. The number of likely N-dealkylation sites (N-methyl/N-ethyl adjacent to an activating group) is 1. The first-order valence-electron chi connectivity index (χ1n) is 23.5. The lowest BCUT2D eigenvalue weighted by atomic mass is 10.0. The summed E-state index contributed by atoms with van der Waals surface area (Å²) in [6, 6.07) is -0.614. The van der Waals surface area contributed by atoms with Crippen LogP contribution in [-0.2, 0) is 28.6 Å². The Morgan fingerprint density at radius 3 is 1.46 bits per heavy atom. The minimum atomic E-state index is -0.875. The van der Waals surface area contributed by atoms with Crippen LogP contribution < -0.4 is 0 Å². The molecule has 0 aromatic carbocycles. The Hall–Kier alpha value is -2.45. The van der Waals surface area contributed by atoms with Crippen LogP contribution in [0, 0.1) is 0 Å². The number of allylic oxidation sites excluding steroid dienone is 6.